The fourth-order valence-corrected chi connectivity index (χ4v) is 2.97. The minimum Gasteiger partial charge on any atom is -0.341 e. The number of aryl methyl sites for hydroxylation is 1. The predicted molar refractivity (Wildman–Crippen MR) is 92.0 cm³/mol. The molecule has 1 heterocycles. The summed E-state index contributed by atoms with van der Waals surface area (Å²) in [4.78, 5) is 27.8. The van der Waals surface area contributed by atoms with E-state index in [1.165, 1.54) is 5.56 Å². The summed E-state index contributed by atoms with van der Waals surface area (Å²) in [5.41, 5.74) is 1.31. The molecular formula is C19H28N2O2. The van der Waals surface area contributed by atoms with E-state index in [4.69, 9.17) is 0 Å². The molecule has 2 rings (SSSR count). The molecule has 0 bridgehead atoms. The molecule has 4 nitrogen and oxygen atoms in total. The molecule has 0 N–H and O–H groups in total. The molecule has 1 aliphatic rings. The zero-order valence-corrected chi connectivity index (χ0v) is 14.3. The summed E-state index contributed by atoms with van der Waals surface area (Å²) in [7, 11) is 1.74. The highest BCUT2D eigenvalue weighted by Crippen LogP contribution is 2.14. The van der Waals surface area contributed by atoms with Gasteiger partial charge in [0.05, 0.1) is 6.54 Å². The van der Waals surface area contributed by atoms with E-state index in [9.17, 15) is 9.59 Å². The standard InChI is InChI=1S/C19H28N2O2/c1-16(10-11-17-8-4-3-5-9-17)14-18(22)20(2)15-19(23)21-12-6-7-13-21/h3-5,8-9,16H,6-7,10-15H2,1-2H3. The third-order valence-corrected chi connectivity index (χ3v) is 4.55. The van der Waals surface area contributed by atoms with Gasteiger partial charge in [0.2, 0.25) is 11.8 Å². The molecule has 0 aromatic heterocycles. The Hall–Kier alpha value is -1.84. The van der Waals surface area contributed by atoms with Crippen LogP contribution >= 0.6 is 0 Å². The van der Waals surface area contributed by atoms with Gasteiger partial charge in [-0.25, -0.2) is 0 Å². The van der Waals surface area contributed by atoms with Gasteiger partial charge >= 0.3 is 0 Å². The van der Waals surface area contributed by atoms with E-state index in [2.05, 4.69) is 19.1 Å². The van der Waals surface area contributed by atoms with Crippen molar-refractivity contribution in [3.63, 3.8) is 0 Å². The van der Waals surface area contributed by atoms with Crippen LogP contribution in [0.15, 0.2) is 30.3 Å². The summed E-state index contributed by atoms with van der Waals surface area (Å²) in [5.74, 6) is 0.473. The molecule has 4 heteroatoms. The molecule has 0 radical (unpaired) electrons. The fourth-order valence-electron chi connectivity index (χ4n) is 2.97. The Morgan fingerprint density at radius 2 is 1.83 bits per heavy atom. The summed E-state index contributed by atoms with van der Waals surface area (Å²) in [6.07, 6.45) is 4.66. The van der Waals surface area contributed by atoms with Crippen LogP contribution in [0.1, 0.15) is 38.2 Å². The van der Waals surface area contributed by atoms with Gasteiger partial charge in [0.25, 0.3) is 0 Å². The van der Waals surface area contributed by atoms with Crippen LogP contribution in [0.25, 0.3) is 0 Å². The van der Waals surface area contributed by atoms with E-state index in [-0.39, 0.29) is 18.4 Å². The summed E-state index contributed by atoms with van der Waals surface area (Å²) in [6, 6.07) is 10.3. The molecular weight excluding hydrogens is 288 g/mol. The van der Waals surface area contributed by atoms with Gasteiger partial charge in [-0.3, -0.25) is 9.59 Å². The second kappa shape index (κ2) is 8.70. The van der Waals surface area contributed by atoms with Crippen LogP contribution < -0.4 is 0 Å². The lowest BCUT2D eigenvalue weighted by Gasteiger charge is -2.22. The number of likely N-dealkylation sites (N-methyl/N-ethyl adjacent to an activating group) is 1. The molecule has 0 aliphatic carbocycles. The van der Waals surface area contributed by atoms with Crippen molar-refractivity contribution in [3.8, 4) is 0 Å². The van der Waals surface area contributed by atoms with Crippen molar-refractivity contribution < 1.29 is 9.59 Å². The normalized spacial score (nSPS) is 15.5. The smallest absolute Gasteiger partial charge is 0.242 e. The topological polar surface area (TPSA) is 40.6 Å². The van der Waals surface area contributed by atoms with Crippen molar-refractivity contribution in [2.75, 3.05) is 26.7 Å². The van der Waals surface area contributed by atoms with Crippen molar-refractivity contribution in [3.05, 3.63) is 35.9 Å². The van der Waals surface area contributed by atoms with E-state index in [1.807, 2.05) is 23.1 Å². The van der Waals surface area contributed by atoms with Gasteiger partial charge in [-0.05, 0) is 37.2 Å². The van der Waals surface area contributed by atoms with Crippen molar-refractivity contribution in [2.24, 2.45) is 5.92 Å². The maximum Gasteiger partial charge on any atom is 0.242 e. The molecule has 1 fully saturated rings. The minimum atomic E-state index is 0.0677. The lowest BCUT2D eigenvalue weighted by atomic mass is 9.98. The number of likely N-dealkylation sites (tertiary alicyclic amines) is 1. The lowest BCUT2D eigenvalue weighted by Crippen LogP contribution is -2.40. The number of carbonyl (C=O) groups is 2. The predicted octanol–water partition coefficient (Wildman–Crippen LogP) is 2.73. The Morgan fingerprint density at radius 1 is 1.17 bits per heavy atom. The Kier molecular flexibility index (Phi) is 6.63. The van der Waals surface area contributed by atoms with Crippen molar-refractivity contribution in [2.45, 2.75) is 39.0 Å². The SMILES string of the molecule is CC(CCc1ccccc1)CC(=O)N(C)CC(=O)N1CCCC1. The molecule has 1 atom stereocenters. The molecule has 126 valence electrons. The van der Waals surface area contributed by atoms with E-state index in [0.29, 0.717) is 12.3 Å². The molecule has 2 amide bonds. The van der Waals surface area contributed by atoms with E-state index in [1.54, 1.807) is 11.9 Å². The number of benzene rings is 1. The van der Waals surface area contributed by atoms with Crippen molar-refractivity contribution in [1.29, 1.82) is 0 Å². The number of nitrogens with zero attached hydrogens (tertiary/aromatic N) is 2. The highest BCUT2D eigenvalue weighted by molar-refractivity contribution is 5.84. The summed E-state index contributed by atoms with van der Waals surface area (Å²) >= 11 is 0. The average Bonchev–Trinajstić information content (AvgIpc) is 3.08. The zero-order chi connectivity index (χ0) is 16.7. The van der Waals surface area contributed by atoms with Gasteiger partial charge in [0, 0.05) is 26.6 Å². The van der Waals surface area contributed by atoms with Crippen LogP contribution in [0.4, 0.5) is 0 Å². The second-order valence-corrected chi connectivity index (χ2v) is 6.67. The number of carbonyl (C=O) groups excluding carboxylic acids is 2. The third-order valence-electron chi connectivity index (χ3n) is 4.55. The largest absolute Gasteiger partial charge is 0.341 e. The first-order valence-electron chi connectivity index (χ1n) is 8.62. The molecule has 1 aliphatic heterocycles. The molecule has 1 unspecified atom stereocenters. The first kappa shape index (κ1) is 17.5. The molecule has 1 aromatic rings. The van der Waals surface area contributed by atoms with E-state index < -0.39 is 0 Å². The van der Waals surface area contributed by atoms with Gasteiger partial charge < -0.3 is 9.80 Å². The fraction of sp³-hybridized carbons (Fsp3) is 0.579. The van der Waals surface area contributed by atoms with Gasteiger partial charge in [0.15, 0.2) is 0 Å². The average molecular weight is 316 g/mol. The van der Waals surface area contributed by atoms with Crippen LogP contribution in [0.2, 0.25) is 0 Å². The first-order valence-corrected chi connectivity index (χ1v) is 8.62. The quantitative estimate of drug-likeness (QED) is 0.776. The third kappa shape index (κ3) is 5.70. The lowest BCUT2D eigenvalue weighted by molar-refractivity contribution is -0.139. The van der Waals surface area contributed by atoms with Gasteiger partial charge in [-0.1, -0.05) is 37.3 Å². The second-order valence-electron chi connectivity index (χ2n) is 6.67. The van der Waals surface area contributed by atoms with Gasteiger partial charge in [0.1, 0.15) is 0 Å². The molecule has 1 aromatic carbocycles. The Morgan fingerprint density at radius 3 is 2.48 bits per heavy atom. The Labute approximate surface area is 139 Å². The van der Waals surface area contributed by atoms with Crippen LogP contribution in [0, 0.1) is 5.92 Å². The van der Waals surface area contributed by atoms with Crippen molar-refractivity contribution in [1.82, 2.24) is 9.80 Å². The highest BCUT2D eigenvalue weighted by atomic mass is 16.2. The maximum absolute atomic E-state index is 12.3. The highest BCUT2D eigenvalue weighted by Gasteiger charge is 2.21. The Balaban J connectivity index is 1.70. The number of rotatable bonds is 7. The van der Waals surface area contributed by atoms with Crippen LogP contribution in [-0.4, -0.2) is 48.3 Å². The van der Waals surface area contributed by atoms with Crippen molar-refractivity contribution >= 4 is 11.8 Å². The maximum atomic E-state index is 12.3. The summed E-state index contributed by atoms with van der Waals surface area (Å²) < 4.78 is 0. The molecule has 0 spiro atoms. The monoisotopic (exact) mass is 316 g/mol. The van der Waals surface area contributed by atoms with Gasteiger partial charge in [-0.2, -0.15) is 0 Å². The Bertz CT molecular complexity index is 509. The molecule has 0 saturated carbocycles. The van der Waals surface area contributed by atoms with E-state index >= 15 is 0 Å². The number of hydrogen-bond acceptors (Lipinski definition) is 2. The zero-order valence-electron chi connectivity index (χ0n) is 14.3. The van der Waals surface area contributed by atoms with Gasteiger partial charge in [-0.15, -0.1) is 0 Å². The first-order chi connectivity index (χ1) is 11.1. The molecule has 23 heavy (non-hydrogen) atoms. The van der Waals surface area contributed by atoms with Crippen LogP contribution in [-0.2, 0) is 16.0 Å². The summed E-state index contributed by atoms with van der Waals surface area (Å²) in [6.45, 7) is 4.00. The number of amides is 2. The molecule has 1 saturated heterocycles. The number of hydrogen-bond donors (Lipinski definition) is 0. The van der Waals surface area contributed by atoms with E-state index in [0.717, 1.165) is 38.8 Å². The minimum absolute atomic E-state index is 0.0677. The van der Waals surface area contributed by atoms with Crippen LogP contribution in [0.5, 0.6) is 0 Å². The summed E-state index contributed by atoms with van der Waals surface area (Å²) in [5, 5.41) is 0. The van der Waals surface area contributed by atoms with Crippen LogP contribution in [0.3, 0.4) is 0 Å².